The minimum Gasteiger partial charge on any atom is -0.508 e. The highest BCUT2D eigenvalue weighted by Crippen LogP contribution is 2.59. The summed E-state index contributed by atoms with van der Waals surface area (Å²) in [5, 5.41) is 59.3. The van der Waals surface area contributed by atoms with Crippen molar-refractivity contribution in [2.45, 2.75) is 0 Å². The second-order valence-electron chi connectivity index (χ2n) is 5.68. The summed E-state index contributed by atoms with van der Waals surface area (Å²) < 4.78 is 11.1. The number of ether oxygens (including phenoxy) is 2. The molecule has 8 nitrogen and oxygen atoms in total. The van der Waals surface area contributed by atoms with Crippen LogP contribution >= 0.6 is 0 Å². The molecule has 4 rings (SSSR count). The molecule has 132 valence electrons. The van der Waals surface area contributed by atoms with E-state index >= 15 is 0 Å². The molecule has 0 aliphatic carbocycles. The Morgan fingerprint density at radius 1 is 0.500 bits per heavy atom. The van der Waals surface area contributed by atoms with E-state index in [1.807, 2.05) is 0 Å². The zero-order valence-corrected chi connectivity index (χ0v) is 13.0. The van der Waals surface area contributed by atoms with E-state index in [-0.39, 0.29) is 51.4 Å². The van der Waals surface area contributed by atoms with Crippen LogP contribution in [0.3, 0.4) is 0 Å². The fourth-order valence-corrected chi connectivity index (χ4v) is 2.79. The van der Waals surface area contributed by atoms with Gasteiger partial charge in [-0.1, -0.05) is 0 Å². The number of hydrogen-bond acceptors (Lipinski definition) is 8. The maximum absolute atomic E-state index is 10.3. The van der Waals surface area contributed by atoms with E-state index in [4.69, 9.17) is 9.47 Å². The Balaban J connectivity index is 1.97. The molecule has 0 aromatic heterocycles. The van der Waals surface area contributed by atoms with E-state index in [2.05, 4.69) is 0 Å². The smallest absolute Gasteiger partial charge is 0.212 e. The van der Waals surface area contributed by atoms with Crippen molar-refractivity contribution in [3.05, 3.63) is 36.4 Å². The molecule has 0 radical (unpaired) electrons. The largest absolute Gasteiger partial charge is 0.508 e. The van der Waals surface area contributed by atoms with Gasteiger partial charge >= 0.3 is 0 Å². The Morgan fingerprint density at radius 3 is 1.81 bits per heavy atom. The quantitative estimate of drug-likeness (QED) is 0.305. The lowest BCUT2D eigenvalue weighted by molar-refractivity contribution is 0.316. The Labute approximate surface area is 146 Å². The van der Waals surface area contributed by atoms with Gasteiger partial charge in [0, 0.05) is 24.3 Å². The van der Waals surface area contributed by atoms with E-state index in [1.54, 1.807) is 0 Å². The Hall–Kier alpha value is -3.94. The summed E-state index contributed by atoms with van der Waals surface area (Å²) >= 11 is 0. The third-order valence-corrected chi connectivity index (χ3v) is 3.82. The van der Waals surface area contributed by atoms with Gasteiger partial charge in [-0.2, -0.15) is 0 Å². The molecular formula is C18H12O8. The Kier molecular flexibility index (Phi) is 3.16. The molecule has 1 aliphatic rings. The Morgan fingerprint density at radius 2 is 1.12 bits per heavy atom. The molecule has 0 atom stereocenters. The van der Waals surface area contributed by atoms with Crippen molar-refractivity contribution in [3.63, 3.8) is 0 Å². The van der Waals surface area contributed by atoms with Gasteiger partial charge in [0.15, 0.2) is 23.0 Å². The maximum Gasteiger partial charge on any atom is 0.212 e. The summed E-state index contributed by atoms with van der Waals surface area (Å²) in [5.41, 5.74) is 0.198. The van der Waals surface area contributed by atoms with Crippen molar-refractivity contribution in [1.29, 1.82) is 0 Å². The molecule has 0 bridgehead atoms. The highest BCUT2D eigenvalue weighted by atomic mass is 16.6. The van der Waals surface area contributed by atoms with Crippen molar-refractivity contribution in [2.24, 2.45) is 0 Å². The highest BCUT2D eigenvalue weighted by Gasteiger charge is 2.30. The first-order valence-corrected chi connectivity index (χ1v) is 7.37. The topological polar surface area (TPSA) is 140 Å². The summed E-state index contributed by atoms with van der Waals surface area (Å²) in [6.45, 7) is 0. The number of benzene rings is 3. The summed E-state index contributed by atoms with van der Waals surface area (Å²) in [6.07, 6.45) is 0. The summed E-state index contributed by atoms with van der Waals surface area (Å²) in [6, 6.07) is 6.87. The van der Waals surface area contributed by atoms with E-state index in [1.165, 1.54) is 18.2 Å². The molecule has 1 heterocycles. The molecule has 3 aromatic carbocycles. The van der Waals surface area contributed by atoms with Crippen LogP contribution in [0.15, 0.2) is 36.4 Å². The van der Waals surface area contributed by atoms with Gasteiger partial charge in [0.05, 0.1) is 5.56 Å². The summed E-state index contributed by atoms with van der Waals surface area (Å²) in [7, 11) is 0. The monoisotopic (exact) mass is 356 g/mol. The molecule has 0 amide bonds. The molecular weight excluding hydrogens is 344 g/mol. The zero-order chi connectivity index (χ0) is 18.6. The number of phenols is 6. The van der Waals surface area contributed by atoms with Crippen LogP contribution in [0.4, 0.5) is 0 Å². The van der Waals surface area contributed by atoms with Gasteiger partial charge in [0.1, 0.15) is 23.0 Å². The van der Waals surface area contributed by atoms with Crippen LogP contribution in [0.2, 0.25) is 0 Å². The Bertz CT molecular complexity index is 1040. The first-order valence-electron chi connectivity index (χ1n) is 7.37. The van der Waals surface area contributed by atoms with Crippen molar-refractivity contribution in [1.82, 2.24) is 0 Å². The molecule has 0 spiro atoms. The predicted octanol–water partition coefficient (Wildman–Crippen LogP) is 3.49. The van der Waals surface area contributed by atoms with Crippen LogP contribution in [0.5, 0.6) is 57.5 Å². The molecule has 6 N–H and O–H groups in total. The average molecular weight is 356 g/mol. The number of hydrogen-bond donors (Lipinski definition) is 6. The van der Waals surface area contributed by atoms with E-state index < -0.39 is 17.2 Å². The maximum atomic E-state index is 10.3. The van der Waals surface area contributed by atoms with E-state index in [9.17, 15) is 30.6 Å². The fraction of sp³-hybridized carbons (Fsp3) is 0. The van der Waals surface area contributed by atoms with Crippen LogP contribution in [0, 0.1) is 0 Å². The van der Waals surface area contributed by atoms with Crippen molar-refractivity contribution >= 4 is 0 Å². The molecule has 0 saturated carbocycles. The lowest BCUT2D eigenvalue weighted by Crippen LogP contribution is -2.01. The molecule has 3 aromatic rings. The molecule has 0 saturated heterocycles. The van der Waals surface area contributed by atoms with Crippen molar-refractivity contribution in [3.8, 4) is 68.6 Å². The SMILES string of the molecule is Oc1cc(O)cc(-c2c(O)cc(O)c3c2Oc2c(O)cc(O)cc2O3)c1. The van der Waals surface area contributed by atoms with Gasteiger partial charge in [-0.15, -0.1) is 0 Å². The van der Waals surface area contributed by atoms with Gasteiger partial charge in [0.2, 0.25) is 11.5 Å². The van der Waals surface area contributed by atoms with Crippen LogP contribution in [0.1, 0.15) is 0 Å². The standard InChI is InChI=1S/C18H12O8/c19-8-1-7(2-9(20)3-8)15-11(22)6-13(24)17-18(15)26-16-12(23)4-10(21)5-14(16)25-17/h1-6,19-24H. The van der Waals surface area contributed by atoms with Crippen LogP contribution in [-0.2, 0) is 0 Å². The van der Waals surface area contributed by atoms with Gasteiger partial charge in [-0.25, -0.2) is 0 Å². The molecule has 0 unspecified atom stereocenters. The number of fused-ring (bicyclic) bond motifs is 2. The lowest BCUT2D eigenvalue weighted by Gasteiger charge is -2.24. The molecule has 1 aliphatic heterocycles. The molecule has 26 heavy (non-hydrogen) atoms. The van der Waals surface area contributed by atoms with Gasteiger partial charge < -0.3 is 40.1 Å². The average Bonchev–Trinajstić information content (AvgIpc) is 2.53. The van der Waals surface area contributed by atoms with Crippen molar-refractivity contribution < 1.29 is 40.1 Å². The van der Waals surface area contributed by atoms with Crippen LogP contribution < -0.4 is 9.47 Å². The summed E-state index contributed by atoms with van der Waals surface area (Å²) in [4.78, 5) is 0. The highest BCUT2D eigenvalue weighted by molar-refractivity contribution is 5.85. The summed E-state index contributed by atoms with van der Waals surface area (Å²) in [5.74, 6) is -2.54. The van der Waals surface area contributed by atoms with Gasteiger partial charge in [0.25, 0.3) is 0 Å². The van der Waals surface area contributed by atoms with Crippen LogP contribution in [-0.4, -0.2) is 30.6 Å². The van der Waals surface area contributed by atoms with Gasteiger partial charge in [-0.3, -0.25) is 0 Å². The third-order valence-electron chi connectivity index (χ3n) is 3.82. The molecule has 8 heteroatoms. The number of aromatic hydroxyl groups is 6. The fourth-order valence-electron chi connectivity index (χ4n) is 2.79. The second-order valence-corrected chi connectivity index (χ2v) is 5.68. The normalized spacial score (nSPS) is 11.8. The lowest BCUT2D eigenvalue weighted by atomic mass is 10.0. The predicted molar refractivity (Wildman–Crippen MR) is 88.5 cm³/mol. The van der Waals surface area contributed by atoms with E-state index in [0.29, 0.717) is 0 Å². The van der Waals surface area contributed by atoms with Crippen molar-refractivity contribution in [2.75, 3.05) is 0 Å². The number of rotatable bonds is 1. The number of phenolic OH excluding ortho intramolecular Hbond substituents is 6. The molecule has 0 fully saturated rings. The first kappa shape index (κ1) is 15.6. The second kappa shape index (κ2) is 5.28. The van der Waals surface area contributed by atoms with E-state index in [0.717, 1.165) is 18.2 Å². The zero-order valence-electron chi connectivity index (χ0n) is 13.0. The minimum atomic E-state index is -0.445. The van der Waals surface area contributed by atoms with Crippen LogP contribution in [0.25, 0.3) is 11.1 Å². The van der Waals surface area contributed by atoms with Gasteiger partial charge in [-0.05, 0) is 17.7 Å². The minimum absolute atomic E-state index is 0.0159. The first-order chi connectivity index (χ1) is 12.3. The third kappa shape index (κ3) is 2.32.